The van der Waals surface area contributed by atoms with Crippen molar-refractivity contribution in [3.8, 4) is 17.6 Å². The van der Waals surface area contributed by atoms with E-state index in [-0.39, 0.29) is 38.9 Å². The van der Waals surface area contributed by atoms with Crippen LogP contribution in [0.5, 0.6) is 11.5 Å². The molecule has 0 fully saturated rings. The SMILES string of the molecule is CC1Oc2ccc(S(=O)(=O)N(c3ccc(Cl)cc3Cc3c(F)cccc3F)C(C)C#N)cc2O1. The number of benzene rings is 3. The second-order valence-electron chi connectivity index (χ2n) is 7.67. The van der Waals surface area contributed by atoms with E-state index in [1.807, 2.05) is 6.07 Å². The number of ether oxygens (including phenoxy) is 2. The minimum absolute atomic E-state index is 0.0761. The Balaban J connectivity index is 1.85. The summed E-state index contributed by atoms with van der Waals surface area (Å²) in [7, 11) is -4.31. The molecule has 3 aromatic rings. The van der Waals surface area contributed by atoms with E-state index in [2.05, 4.69) is 0 Å². The van der Waals surface area contributed by atoms with Gasteiger partial charge in [-0.1, -0.05) is 17.7 Å². The van der Waals surface area contributed by atoms with E-state index in [1.165, 1.54) is 49.4 Å². The number of rotatable bonds is 6. The van der Waals surface area contributed by atoms with E-state index >= 15 is 0 Å². The average molecular weight is 505 g/mol. The third kappa shape index (κ3) is 4.39. The fraction of sp³-hybridized carbons (Fsp3) is 0.208. The Hall–Kier alpha value is -3.35. The van der Waals surface area contributed by atoms with Gasteiger partial charge in [0.25, 0.3) is 10.0 Å². The molecule has 176 valence electrons. The van der Waals surface area contributed by atoms with Gasteiger partial charge in [0.05, 0.1) is 16.7 Å². The zero-order valence-electron chi connectivity index (χ0n) is 18.1. The topological polar surface area (TPSA) is 79.6 Å². The van der Waals surface area contributed by atoms with Crippen LogP contribution in [0.2, 0.25) is 5.02 Å². The van der Waals surface area contributed by atoms with Crippen molar-refractivity contribution in [3.05, 3.63) is 82.4 Å². The molecule has 2 unspecified atom stereocenters. The largest absolute Gasteiger partial charge is 0.451 e. The molecule has 6 nitrogen and oxygen atoms in total. The highest BCUT2D eigenvalue weighted by molar-refractivity contribution is 7.92. The van der Waals surface area contributed by atoms with Crippen molar-refractivity contribution in [1.29, 1.82) is 5.26 Å². The Morgan fingerprint density at radius 3 is 2.44 bits per heavy atom. The predicted molar refractivity (Wildman–Crippen MR) is 123 cm³/mol. The molecule has 0 spiro atoms. The molecule has 3 aromatic carbocycles. The van der Waals surface area contributed by atoms with E-state index in [0.29, 0.717) is 5.75 Å². The first kappa shape index (κ1) is 23.8. The Labute approximate surface area is 201 Å². The molecule has 10 heteroatoms. The van der Waals surface area contributed by atoms with Crippen LogP contribution in [-0.2, 0) is 16.4 Å². The van der Waals surface area contributed by atoms with E-state index in [4.69, 9.17) is 21.1 Å². The lowest BCUT2D eigenvalue weighted by molar-refractivity contribution is 0.0678. The summed E-state index contributed by atoms with van der Waals surface area (Å²) in [5, 5.41) is 9.89. The van der Waals surface area contributed by atoms with Crippen molar-refractivity contribution in [2.45, 2.75) is 37.5 Å². The van der Waals surface area contributed by atoms with Crippen LogP contribution in [0.1, 0.15) is 25.0 Å². The average Bonchev–Trinajstić information content (AvgIpc) is 3.16. The highest BCUT2D eigenvalue weighted by Crippen LogP contribution is 2.39. The van der Waals surface area contributed by atoms with Gasteiger partial charge in [0.1, 0.15) is 17.7 Å². The van der Waals surface area contributed by atoms with Gasteiger partial charge in [-0.2, -0.15) is 5.26 Å². The number of fused-ring (bicyclic) bond motifs is 1. The molecule has 0 saturated heterocycles. The third-order valence-electron chi connectivity index (χ3n) is 5.30. The molecule has 0 saturated carbocycles. The quantitative estimate of drug-likeness (QED) is 0.447. The summed E-state index contributed by atoms with van der Waals surface area (Å²) in [5.74, 6) is -0.909. The second-order valence-corrected chi connectivity index (χ2v) is 9.92. The summed E-state index contributed by atoms with van der Waals surface area (Å²) in [6.07, 6.45) is -0.849. The van der Waals surface area contributed by atoms with E-state index in [1.54, 1.807) is 6.92 Å². The smallest absolute Gasteiger partial charge is 0.265 e. The van der Waals surface area contributed by atoms with Gasteiger partial charge in [0.2, 0.25) is 6.29 Å². The summed E-state index contributed by atoms with van der Waals surface area (Å²) in [5.41, 5.74) is 0.0636. The van der Waals surface area contributed by atoms with Crippen LogP contribution >= 0.6 is 11.6 Å². The van der Waals surface area contributed by atoms with Crippen LogP contribution in [0, 0.1) is 23.0 Å². The minimum Gasteiger partial charge on any atom is -0.451 e. The molecule has 34 heavy (non-hydrogen) atoms. The number of nitrogens with zero attached hydrogens (tertiary/aromatic N) is 2. The second kappa shape index (κ2) is 9.12. The Bertz CT molecular complexity index is 1390. The highest BCUT2D eigenvalue weighted by Gasteiger charge is 2.33. The molecule has 1 aliphatic rings. The molecule has 1 aliphatic heterocycles. The lowest BCUT2D eigenvalue weighted by atomic mass is 10.0. The monoisotopic (exact) mass is 504 g/mol. The van der Waals surface area contributed by atoms with Crippen molar-refractivity contribution >= 4 is 27.3 Å². The molecule has 0 bridgehead atoms. The lowest BCUT2D eigenvalue weighted by Gasteiger charge is -2.29. The van der Waals surface area contributed by atoms with Gasteiger partial charge < -0.3 is 9.47 Å². The summed E-state index contributed by atoms with van der Waals surface area (Å²) in [6.45, 7) is 3.08. The lowest BCUT2D eigenvalue weighted by Crippen LogP contribution is -2.38. The van der Waals surface area contributed by atoms with Crippen molar-refractivity contribution < 1.29 is 26.7 Å². The molecule has 2 atom stereocenters. The van der Waals surface area contributed by atoms with Gasteiger partial charge >= 0.3 is 0 Å². The van der Waals surface area contributed by atoms with Gasteiger partial charge in [0, 0.05) is 30.0 Å². The number of anilines is 1. The van der Waals surface area contributed by atoms with E-state index in [9.17, 15) is 22.5 Å². The fourth-order valence-corrected chi connectivity index (χ4v) is 5.55. The first-order valence-electron chi connectivity index (χ1n) is 10.2. The zero-order valence-corrected chi connectivity index (χ0v) is 19.7. The van der Waals surface area contributed by atoms with Crippen molar-refractivity contribution in [1.82, 2.24) is 0 Å². The Kier molecular flexibility index (Phi) is 6.39. The molecule has 0 aromatic heterocycles. The first-order valence-corrected chi connectivity index (χ1v) is 12.1. The Morgan fingerprint density at radius 2 is 1.76 bits per heavy atom. The van der Waals surface area contributed by atoms with Crippen molar-refractivity contribution in [2.24, 2.45) is 0 Å². The molecule has 0 amide bonds. The summed E-state index contributed by atoms with van der Waals surface area (Å²) >= 11 is 6.14. The number of nitriles is 1. The molecule has 0 radical (unpaired) electrons. The maximum atomic E-state index is 14.4. The minimum atomic E-state index is -4.31. The molecular formula is C24H19ClF2N2O4S. The predicted octanol–water partition coefficient (Wildman–Crippen LogP) is 5.43. The molecule has 4 rings (SSSR count). The number of hydrogen-bond donors (Lipinski definition) is 0. The number of sulfonamides is 1. The number of halogens is 3. The molecule has 0 aliphatic carbocycles. The van der Waals surface area contributed by atoms with Gasteiger partial charge in [0.15, 0.2) is 11.5 Å². The standard InChI is InChI=1S/C24H19ClF2N2O4S/c1-14(13-28)29(34(30,31)18-7-9-23-24(12-18)33-15(2)32-23)22-8-6-17(25)10-16(22)11-19-20(26)4-3-5-21(19)27/h3-10,12,14-15H,11H2,1-2H3. The summed E-state index contributed by atoms with van der Waals surface area (Å²) in [4.78, 5) is -0.135. The highest BCUT2D eigenvalue weighted by atomic mass is 35.5. The summed E-state index contributed by atoms with van der Waals surface area (Å²) < 4.78 is 68.1. The van der Waals surface area contributed by atoms with Gasteiger partial charge in [-0.3, -0.25) is 0 Å². The van der Waals surface area contributed by atoms with Crippen LogP contribution in [-0.4, -0.2) is 20.7 Å². The van der Waals surface area contributed by atoms with Crippen molar-refractivity contribution in [2.75, 3.05) is 4.31 Å². The zero-order chi connectivity index (χ0) is 24.6. The van der Waals surface area contributed by atoms with E-state index in [0.717, 1.165) is 16.4 Å². The van der Waals surface area contributed by atoms with Crippen LogP contribution in [0.25, 0.3) is 0 Å². The van der Waals surface area contributed by atoms with Crippen LogP contribution < -0.4 is 13.8 Å². The fourth-order valence-electron chi connectivity index (χ4n) is 3.73. The van der Waals surface area contributed by atoms with Crippen molar-refractivity contribution in [3.63, 3.8) is 0 Å². The van der Waals surface area contributed by atoms with Crippen LogP contribution in [0.15, 0.2) is 59.5 Å². The van der Waals surface area contributed by atoms with Gasteiger partial charge in [-0.15, -0.1) is 0 Å². The van der Waals surface area contributed by atoms with Crippen LogP contribution in [0.3, 0.4) is 0 Å². The molecular weight excluding hydrogens is 486 g/mol. The van der Waals surface area contributed by atoms with Gasteiger partial charge in [-0.05, 0) is 55.0 Å². The Morgan fingerprint density at radius 1 is 1.09 bits per heavy atom. The maximum absolute atomic E-state index is 14.4. The van der Waals surface area contributed by atoms with E-state index < -0.39 is 34.0 Å². The van der Waals surface area contributed by atoms with Gasteiger partial charge in [-0.25, -0.2) is 21.5 Å². The molecule has 0 N–H and O–H groups in total. The summed E-state index contributed by atoms with van der Waals surface area (Å²) in [6, 6.07) is 12.7. The normalized spacial score (nSPS) is 15.6. The maximum Gasteiger partial charge on any atom is 0.265 e. The first-order chi connectivity index (χ1) is 16.1. The molecule has 1 heterocycles. The van der Waals surface area contributed by atoms with Crippen LogP contribution in [0.4, 0.5) is 14.5 Å². The number of hydrogen-bond acceptors (Lipinski definition) is 5. The third-order valence-corrected chi connectivity index (χ3v) is 7.42.